The molecule has 3 aliphatic rings. The number of likely N-dealkylation sites (tertiary alicyclic amines) is 1. The number of hydrogen-bond donors (Lipinski definition) is 1. The highest BCUT2D eigenvalue weighted by atomic mass is 16.6. The molecule has 1 N–H and O–H groups in total. The van der Waals surface area contributed by atoms with Gasteiger partial charge in [-0.3, -0.25) is 9.69 Å². The molecule has 5 heterocycles. The lowest BCUT2D eigenvalue weighted by atomic mass is 9.86. The fourth-order valence-electron chi connectivity index (χ4n) is 5.80. The van der Waals surface area contributed by atoms with E-state index in [-0.39, 0.29) is 18.6 Å². The quantitative estimate of drug-likeness (QED) is 0.473. The number of rotatable bonds is 3. The van der Waals surface area contributed by atoms with Crippen molar-refractivity contribution in [3.63, 3.8) is 0 Å². The van der Waals surface area contributed by atoms with Crippen molar-refractivity contribution >= 4 is 16.9 Å². The van der Waals surface area contributed by atoms with E-state index in [0.29, 0.717) is 23.4 Å². The lowest BCUT2D eigenvalue weighted by Crippen LogP contribution is -2.44. The first-order valence-electron chi connectivity index (χ1n) is 12.2. The van der Waals surface area contributed by atoms with Gasteiger partial charge in [0.25, 0.3) is 5.56 Å². The van der Waals surface area contributed by atoms with E-state index in [0.717, 1.165) is 41.8 Å². The Balaban J connectivity index is 1.58. The molecule has 7 heteroatoms. The van der Waals surface area contributed by atoms with Crippen LogP contribution < -0.4 is 5.56 Å². The van der Waals surface area contributed by atoms with Gasteiger partial charge in [-0.1, -0.05) is 25.0 Å². The molecule has 3 aromatic rings. The Morgan fingerprint density at radius 1 is 1.12 bits per heavy atom. The molecule has 2 aromatic heterocycles. The van der Waals surface area contributed by atoms with Crippen molar-refractivity contribution in [2.45, 2.75) is 64.8 Å². The zero-order valence-electron chi connectivity index (χ0n) is 19.7. The summed E-state index contributed by atoms with van der Waals surface area (Å²) >= 11 is 0. The third-order valence-corrected chi connectivity index (χ3v) is 7.79. The predicted molar refractivity (Wildman–Crippen MR) is 128 cm³/mol. The molecule has 0 spiro atoms. The van der Waals surface area contributed by atoms with Crippen LogP contribution in [0.3, 0.4) is 0 Å². The van der Waals surface area contributed by atoms with Gasteiger partial charge in [-0.15, -0.1) is 0 Å². The van der Waals surface area contributed by atoms with Gasteiger partial charge in [0.15, 0.2) is 5.60 Å². The molecule has 0 unspecified atom stereocenters. The van der Waals surface area contributed by atoms with Gasteiger partial charge in [-0.25, -0.2) is 9.78 Å². The molecule has 7 nitrogen and oxygen atoms in total. The van der Waals surface area contributed by atoms with E-state index in [1.165, 1.54) is 30.4 Å². The molecule has 0 saturated carbocycles. The predicted octanol–water partition coefficient (Wildman–Crippen LogP) is 3.37. The first kappa shape index (κ1) is 21.5. The summed E-state index contributed by atoms with van der Waals surface area (Å²) in [5, 5.41) is 12.3. The molecule has 0 bridgehead atoms. The second kappa shape index (κ2) is 7.75. The molecular weight excluding hydrogens is 430 g/mol. The molecular formula is C27H29N3O4. The SMILES string of the molecule is CC[C@@]1(O)C(=O)OCc2c1cc1n(c2=O)Cc2c-1nc1ccc(C)cc1c2CN1CCCCC1. The Morgan fingerprint density at radius 3 is 2.68 bits per heavy atom. The van der Waals surface area contributed by atoms with Gasteiger partial charge in [-0.05, 0) is 63.0 Å². The van der Waals surface area contributed by atoms with Crippen LogP contribution in [-0.2, 0) is 34.8 Å². The molecule has 3 aliphatic heterocycles. The van der Waals surface area contributed by atoms with Crippen molar-refractivity contribution in [2.75, 3.05) is 13.1 Å². The maximum Gasteiger partial charge on any atom is 0.343 e. The minimum absolute atomic E-state index is 0.110. The number of benzene rings is 1. The van der Waals surface area contributed by atoms with Crippen molar-refractivity contribution < 1.29 is 14.6 Å². The van der Waals surface area contributed by atoms with Crippen molar-refractivity contribution in [1.82, 2.24) is 14.5 Å². The highest BCUT2D eigenvalue weighted by Gasteiger charge is 2.45. The van der Waals surface area contributed by atoms with Crippen LogP contribution >= 0.6 is 0 Å². The second-order valence-corrected chi connectivity index (χ2v) is 9.88. The van der Waals surface area contributed by atoms with Crippen LogP contribution in [0.25, 0.3) is 22.3 Å². The van der Waals surface area contributed by atoms with E-state index in [2.05, 4.69) is 24.0 Å². The van der Waals surface area contributed by atoms with Gasteiger partial charge in [-0.2, -0.15) is 0 Å². The number of aliphatic hydroxyl groups is 1. The van der Waals surface area contributed by atoms with Gasteiger partial charge < -0.3 is 14.4 Å². The third-order valence-electron chi connectivity index (χ3n) is 7.79. The number of fused-ring (bicyclic) bond motifs is 5. The molecule has 0 amide bonds. The van der Waals surface area contributed by atoms with Crippen LogP contribution in [0.4, 0.5) is 0 Å². The molecule has 0 radical (unpaired) electrons. The number of ether oxygens (including phenoxy) is 1. The van der Waals surface area contributed by atoms with Crippen LogP contribution in [0.15, 0.2) is 29.1 Å². The monoisotopic (exact) mass is 459 g/mol. The van der Waals surface area contributed by atoms with E-state index in [9.17, 15) is 14.7 Å². The van der Waals surface area contributed by atoms with Crippen LogP contribution in [0.2, 0.25) is 0 Å². The van der Waals surface area contributed by atoms with Gasteiger partial charge in [0, 0.05) is 23.1 Å². The number of carbonyl (C=O) groups excluding carboxylic acids is 1. The van der Waals surface area contributed by atoms with Gasteiger partial charge >= 0.3 is 5.97 Å². The second-order valence-electron chi connectivity index (χ2n) is 9.88. The maximum atomic E-state index is 13.6. The Bertz CT molecular complexity index is 1400. The number of aromatic nitrogens is 2. The fourth-order valence-corrected chi connectivity index (χ4v) is 5.80. The zero-order chi connectivity index (χ0) is 23.6. The summed E-state index contributed by atoms with van der Waals surface area (Å²) in [5.41, 5.74) is 4.52. The number of piperidine rings is 1. The molecule has 176 valence electrons. The topological polar surface area (TPSA) is 84.7 Å². The van der Waals surface area contributed by atoms with Crippen LogP contribution in [0, 0.1) is 6.92 Å². The number of carbonyl (C=O) groups is 1. The molecule has 1 fully saturated rings. The Hall–Kier alpha value is -3.03. The highest BCUT2D eigenvalue weighted by Crippen LogP contribution is 2.40. The average molecular weight is 460 g/mol. The van der Waals surface area contributed by atoms with Crippen molar-refractivity contribution in [3.8, 4) is 11.4 Å². The summed E-state index contributed by atoms with van der Waals surface area (Å²) in [5.74, 6) is -0.696. The largest absolute Gasteiger partial charge is 0.458 e. The third kappa shape index (κ3) is 3.07. The van der Waals surface area contributed by atoms with Gasteiger partial charge in [0.2, 0.25) is 0 Å². The minimum Gasteiger partial charge on any atom is -0.458 e. The Kier molecular flexibility index (Phi) is 4.90. The fraction of sp³-hybridized carbons (Fsp3) is 0.444. The lowest BCUT2D eigenvalue weighted by molar-refractivity contribution is -0.172. The standard InChI is InChI=1S/C27H29N3O4/c1-3-27(33)21-12-23-24-19(14-30(23)25(31)20(21)15-34-26(27)32)18(13-29-9-5-4-6-10-29)17-11-16(2)7-8-22(17)28-24/h7-8,11-12,33H,3-6,9-10,13-15H2,1-2H3/t27-/m0/s1. The number of cyclic esters (lactones) is 1. The lowest BCUT2D eigenvalue weighted by Gasteiger charge is -2.31. The molecule has 0 aliphatic carbocycles. The van der Waals surface area contributed by atoms with Crippen molar-refractivity contribution in [1.29, 1.82) is 0 Å². The summed E-state index contributed by atoms with van der Waals surface area (Å²) in [6, 6.07) is 8.10. The highest BCUT2D eigenvalue weighted by molar-refractivity contribution is 5.89. The molecule has 34 heavy (non-hydrogen) atoms. The van der Waals surface area contributed by atoms with Crippen LogP contribution in [-0.4, -0.2) is 38.6 Å². The average Bonchev–Trinajstić information content (AvgIpc) is 3.21. The van der Waals surface area contributed by atoms with Gasteiger partial charge in [0.05, 0.1) is 29.0 Å². The van der Waals surface area contributed by atoms with Gasteiger partial charge in [0.1, 0.15) is 6.61 Å². The number of pyridine rings is 2. The number of esters is 1. The van der Waals surface area contributed by atoms with E-state index >= 15 is 0 Å². The molecule has 1 saturated heterocycles. The number of nitrogens with zero attached hydrogens (tertiary/aromatic N) is 3. The van der Waals surface area contributed by atoms with Crippen molar-refractivity contribution in [3.05, 3.63) is 62.4 Å². The number of hydrogen-bond acceptors (Lipinski definition) is 6. The van der Waals surface area contributed by atoms with E-state index in [1.807, 2.05) is 6.07 Å². The van der Waals surface area contributed by atoms with E-state index < -0.39 is 11.6 Å². The summed E-state index contributed by atoms with van der Waals surface area (Å²) in [4.78, 5) is 33.5. The zero-order valence-corrected chi connectivity index (χ0v) is 19.7. The first-order valence-corrected chi connectivity index (χ1v) is 12.2. The summed E-state index contributed by atoms with van der Waals surface area (Å²) in [6.45, 7) is 7.13. The smallest absolute Gasteiger partial charge is 0.343 e. The van der Waals surface area contributed by atoms with E-state index in [1.54, 1.807) is 17.6 Å². The first-order chi connectivity index (χ1) is 16.4. The van der Waals surface area contributed by atoms with E-state index in [4.69, 9.17) is 9.72 Å². The number of aryl methyl sites for hydroxylation is 1. The summed E-state index contributed by atoms with van der Waals surface area (Å²) < 4.78 is 6.94. The molecule has 6 rings (SSSR count). The summed E-state index contributed by atoms with van der Waals surface area (Å²) in [7, 11) is 0. The van der Waals surface area contributed by atoms with Crippen LogP contribution in [0.5, 0.6) is 0 Å². The molecule has 1 aromatic carbocycles. The normalized spacial score (nSPS) is 21.8. The summed E-state index contributed by atoms with van der Waals surface area (Å²) in [6.07, 6.45) is 3.83. The molecule has 1 atom stereocenters. The Labute approximate surface area is 198 Å². The maximum absolute atomic E-state index is 13.6. The Morgan fingerprint density at radius 2 is 1.91 bits per heavy atom. The minimum atomic E-state index is -1.81. The van der Waals surface area contributed by atoms with Crippen LogP contribution in [0.1, 0.15) is 60.4 Å². The van der Waals surface area contributed by atoms with Crippen molar-refractivity contribution in [2.24, 2.45) is 0 Å².